The molecule has 4 nitrogen and oxygen atoms in total. The van der Waals surface area contributed by atoms with E-state index in [9.17, 15) is 19.2 Å². The monoisotopic (exact) mass is 678 g/mol. The highest BCUT2D eigenvalue weighted by Crippen LogP contribution is 2.52. The Morgan fingerprint density at radius 2 is 0.885 bits per heavy atom. The van der Waals surface area contributed by atoms with Crippen LogP contribution in [0.5, 0.6) is 0 Å². The SMILES string of the molecule is C=C1C(CCC(=O)c2ccccc2)=C(CC(=O)c2ccccc2)C(=C)/C1=C1\C(=C)C(=C\CC(=O)c2ccccc2)/C(=C/C(=O)c2ccccc2)C1=C. The van der Waals surface area contributed by atoms with Crippen molar-refractivity contribution in [2.75, 3.05) is 0 Å². The molecule has 0 heterocycles. The number of benzene rings is 4. The number of hydrogen-bond donors (Lipinski definition) is 0. The first kappa shape index (κ1) is 35.3. The van der Waals surface area contributed by atoms with Crippen molar-refractivity contribution in [2.24, 2.45) is 0 Å². The predicted molar refractivity (Wildman–Crippen MR) is 208 cm³/mol. The van der Waals surface area contributed by atoms with E-state index in [1.807, 2.05) is 60.7 Å². The van der Waals surface area contributed by atoms with Crippen LogP contribution in [-0.2, 0) is 0 Å². The lowest BCUT2D eigenvalue weighted by Gasteiger charge is -2.12. The van der Waals surface area contributed by atoms with E-state index in [1.54, 1.807) is 72.8 Å². The molecule has 0 atom stereocenters. The van der Waals surface area contributed by atoms with Crippen LogP contribution in [0.3, 0.4) is 0 Å². The molecule has 0 saturated heterocycles. The van der Waals surface area contributed by atoms with Crippen LogP contribution in [0.1, 0.15) is 67.1 Å². The Kier molecular flexibility index (Phi) is 10.6. The third-order valence-corrected chi connectivity index (χ3v) is 9.54. The topological polar surface area (TPSA) is 68.3 Å². The normalized spacial score (nSPS) is 17.4. The van der Waals surface area contributed by atoms with E-state index < -0.39 is 0 Å². The second kappa shape index (κ2) is 15.6. The van der Waals surface area contributed by atoms with Crippen LogP contribution in [0, 0.1) is 0 Å². The standard InChI is InChI=1S/C48H38O4/c1-31-39(25-27-43(49)35-17-9-5-10-18-35)41(29-45(51)37-21-13-7-14-22-37)33(3)47(31)48-32(2)40(26-28-44(50)36-19-11-6-12-20-36)42(34(48)4)30-46(52)38-23-15-8-16-24-38/h5-25,29H,1-4,26-28,30H2/b39-25+,41-29+,48-47+. The maximum Gasteiger partial charge on any atom is 0.186 e. The maximum atomic E-state index is 13.6. The summed E-state index contributed by atoms with van der Waals surface area (Å²) in [6.45, 7) is 17.9. The number of Topliss-reactive ketones (excluding diaryl/α,β-unsaturated/α-hetero) is 3. The zero-order chi connectivity index (χ0) is 36.8. The molecule has 6 rings (SSSR count). The van der Waals surface area contributed by atoms with Crippen molar-refractivity contribution in [1.29, 1.82) is 0 Å². The molecule has 52 heavy (non-hydrogen) atoms. The molecule has 0 amide bonds. The van der Waals surface area contributed by atoms with E-state index in [0.29, 0.717) is 78.8 Å². The molecule has 2 aliphatic carbocycles. The molecule has 0 radical (unpaired) electrons. The first-order chi connectivity index (χ1) is 25.2. The fourth-order valence-electron chi connectivity index (χ4n) is 6.79. The minimum atomic E-state index is -0.215. The highest BCUT2D eigenvalue weighted by molar-refractivity contribution is 6.07. The Morgan fingerprint density at radius 3 is 1.42 bits per heavy atom. The lowest BCUT2D eigenvalue weighted by Crippen LogP contribution is -2.03. The molecule has 0 aliphatic heterocycles. The van der Waals surface area contributed by atoms with Gasteiger partial charge in [0.25, 0.3) is 0 Å². The maximum absolute atomic E-state index is 13.6. The quantitative estimate of drug-likeness (QED) is 0.110. The lowest BCUT2D eigenvalue weighted by atomic mass is 9.91. The van der Waals surface area contributed by atoms with E-state index in [2.05, 4.69) is 26.3 Å². The predicted octanol–water partition coefficient (Wildman–Crippen LogP) is 10.8. The van der Waals surface area contributed by atoms with Crippen LogP contribution in [0.15, 0.2) is 216 Å². The van der Waals surface area contributed by atoms with E-state index >= 15 is 0 Å². The summed E-state index contributed by atoms with van der Waals surface area (Å²) in [4.78, 5) is 53.7. The van der Waals surface area contributed by atoms with Crippen molar-refractivity contribution in [3.05, 3.63) is 238 Å². The number of rotatable bonds is 12. The highest BCUT2D eigenvalue weighted by atomic mass is 16.1. The van der Waals surface area contributed by atoms with Crippen LogP contribution in [0.2, 0.25) is 0 Å². The molecule has 254 valence electrons. The lowest BCUT2D eigenvalue weighted by molar-refractivity contribution is 0.0978. The third-order valence-electron chi connectivity index (χ3n) is 9.54. The van der Waals surface area contributed by atoms with Gasteiger partial charge < -0.3 is 0 Å². The molecular weight excluding hydrogens is 641 g/mol. The van der Waals surface area contributed by atoms with Gasteiger partial charge in [-0.1, -0.05) is 154 Å². The van der Waals surface area contributed by atoms with Crippen molar-refractivity contribution in [1.82, 2.24) is 0 Å². The van der Waals surface area contributed by atoms with Gasteiger partial charge in [-0.25, -0.2) is 0 Å². The van der Waals surface area contributed by atoms with Crippen molar-refractivity contribution in [2.45, 2.75) is 25.7 Å². The van der Waals surface area contributed by atoms with Gasteiger partial charge in [0.1, 0.15) is 0 Å². The van der Waals surface area contributed by atoms with Gasteiger partial charge in [0.05, 0.1) is 0 Å². The van der Waals surface area contributed by atoms with Gasteiger partial charge in [-0.3, -0.25) is 19.2 Å². The summed E-state index contributed by atoms with van der Waals surface area (Å²) in [7, 11) is 0. The van der Waals surface area contributed by atoms with Gasteiger partial charge in [0, 0.05) is 41.5 Å². The molecule has 4 aromatic rings. The van der Waals surface area contributed by atoms with Crippen LogP contribution in [0.25, 0.3) is 0 Å². The van der Waals surface area contributed by atoms with Crippen molar-refractivity contribution in [3.63, 3.8) is 0 Å². The first-order valence-corrected chi connectivity index (χ1v) is 17.2. The average Bonchev–Trinajstić information content (AvgIpc) is 3.54. The summed E-state index contributed by atoms with van der Waals surface area (Å²) < 4.78 is 0. The molecule has 0 unspecified atom stereocenters. The van der Waals surface area contributed by atoms with Crippen LogP contribution in [0.4, 0.5) is 0 Å². The summed E-state index contributed by atoms with van der Waals surface area (Å²) in [6.07, 6.45) is 4.05. The summed E-state index contributed by atoms with van der Waals surface area (Å²) in [6, 6.07) is 36.2. The fourth-order valence-corrected chi connectivity index (χ4v) is 6.79. The summed E-state index contributed by atoms with van der Waals surface area (Å²) >= 11 is 0. The molecule has 0 N–H and O–H groups in total. The van der Waals surface area contributed by atoms with Gasteiger partial charge in [-0.2, -0.15) is 0 Å². The average molecular weight is 679 g/mol. The Hall–Kier alpha value is -6.52. The number of ketones is 4. The molecule has 0 aromatic heterocycles. The van der Waals surface area contributed by atoms with Gasteiger partial charge in [-0.05, 0) is 68.2 Å². The van der Waals surface area contributed by atoms with Gasteiger partial charge in [-0.15, -0.1) is 0 Å². The van der Waals surface area contributed by atoms with Gasteiger partial charge in [0.2, 0.25) is 0 Å². The summed E-state index contributed by atoms with van der Waals surface area (Å²) in [5.74, 6) is -0.396. The number of carbonyl (C=O) groups is 4. The van der Waals surface area contributed by atoms with Crippen LogP contribution >= 0.6 is 0 Å². The second-order valence-corrected chi connectivity index (χ2v) is 12.8. The molecule has 0 spiro atoms. The van der Waals surface area contributed by atoms with Crippen LogP contribution < -0.4 is 0 Å². The molecule has 4 heteroatoms. The third kappa shape index (κ3) is 7.33. The van der Waals surface area contributed by atoms with Crippen LogP contribution in [-0.4, -0.2) is 23.1 Å². The zero-order valence-electron chi connectivity index (χ0n) is 29.0. The zero-order valence-corrected chi connectivity index (χ0v) is 29.0. The van der Waals surface area contributed by atoms with E-state index in [-0.39, 0.29) is 42.4 Å². The van der Waals surface area contributed by atoms with Crippen molar-refractivity contribution in [3.8, 4) is 0 Å². The largest absolute Gasteiger partial charge is 0.294 e. The smallest absolute Gasteiger partial charge is 0.186 e. The van der Waals surface area contributed by atoms with Gasteiger partial charge >= 0.3 is 0 Å². The van der Waals surface area contributed by atoms with E-state index in [1.165, 1.54) is 0 Å². The molecule has 0 bridgehead atoms. The molecule has 2 aliphatic rings. The summed E-state index contributed by atoms with van der Waals surface area (Å²) in [5, 5.41) is 0. The van der Waals surface area contributed by atoms with Gasteiger partial charge in [0.15, 0.2) is 23.1 Å². The Balaban J connectivity index is 1.42. The number of allylic oxidation sites excluding steroid dienone is 12. The molecular formula is C48H38O4. The second-order valence-electron chi connectivity index (χ2n) is 12.8. The van der Waals surface area contributed by atoms with Crippen molar-refractivity contribution < 1.29 is 19.2 Å². The van der Waals surface area contributed by atoms with E-state index in [0.717, 1.165) is 5.57 Å². The first-order valence-electron chi connectivity index (χ1n) is 17.2. The minimum Gasteiger partial charge on any atom is -0.294 e. The Bertz CT molecular complexity index is 2280. The Morgan fingerprint density at radius 1 is 0.462 bits per heavy atom. The van der Waals surface area contributed by atoms with E-state index in [4.69, 9.17) is 0 Å². The highest BCUT2D eigenvalue weighted by Gasteiger charge is 2.37. The molecule has 4 aromatic carbocycles. The van der Waals surface area contributed by atoms with Crippen molar-refractivity contribution >= 4 is 23.1 Å². The fraction of sp³-hybridized carbons (Fsp3) is 0.0833. The molecule has 1 fully saturated rings. The molecule has 1 saturated carbocycles. The minimum absolute atomic E-state index is 0.0195. The summed E-state index contributed by atoms with van der Waals surface area (Å²) in [5.41, 5.74) is 8.61. The number of hydrogen-bond acceptors (Lipinski definition) is 4. The Labute approximate surface area is 304 Å². The number of carbonyl (C=O) groups excluding carboxylic acids is 4.